The highest BCUT2D eigenvalue weighted by Gasteiger charge is 2.22. The molecule has 3 rings (SSSR count). The number of rotatable bonds is 12. The number of nitrogens with one attached hydrogen (secondary N) is 3. The van der Waals surface area contributed by atoms with Crippen LogP contribution >= 0.6 is 0 Å². The Bertz CT molecular complexity index is 1430. The van der Waals surface area contributed by atoms with E-state index in [1.54, 1.807) is 32.4 Å². The molecule has 0 fully saturated rings. The van der Waals surface area contributed by atoms with Gasteiger partial charge in [0, 0.05) is 20.3 Å². The monoisotopic (exact) mass is 552 g/mol. The summed E-state index contributed by atoms with van der Waals surface area (Å²) in [4.78, 5) is 67.6. The Kier molecular flexibility index (Phi) is 10.5. The Morgan fingerprint density at radius 1 is 1.20 bits per heavy atom. The van der Waals surface area contributed by atoms with E-state index < -0.39 is 23.6 Å². The molecule has 0 saturated heterocycles. The maximum Gasteiger partial charge on any atom is 0.407 e. The highest BCUT2D eigenvalue weighted by molar-refractivity contribution is 5.96. The number of ether oxygens (including phenoxy) is 1. The van der Waals surface area contributed by atoms with Crippen LogP contribution in [0, 0.1) is 5.92 Å². The van der Waals surface area contributed by atoms with Crippen molar-refractivity contribution in [3.05, 3.63) is 58.7 Å². The minimum absolute atomic E-state index is 0.0380. The summed E-state index contributed by atoms with van der Waals surface area (Å²) < 4.78 is 6.04. The Morgan fingerprint density at radius 3 is 2.67 bits per heavy atom. The first-order chi connectivity index (χ1) is 19.1. The Morgan fingerprint density at radius 2 is 1.98 bits per heavy atom. The van der Waals surface area contributed by atoms with Crippen molar-refractivity contribution in [2.45, 2.75) is 52.1 Å². The van der Waals surface area contributed by atoms with E-state index in [4.69, 9.17) is 0 Å². The summed E-state index contributed by atoms with van der Waals surface area (Å²) >= 11 is 0. The van der Waals surface area contributed by atoms with E-state index in [0.29, 0.717) is 29.3 Å². The number of amides is 3. The van der Waals surface area contributed by atoms with Gasteiger partial charge in [-0.1, -0.05) is 19.9 Å². The highest BCUT2D eigenvalue weighted by atomic mass is 16.5. The fourth-order valence-electron chi connectivity index (χ4n) is 3.81. The molecule has 1 unspecified atom stereocenters. The van der Waals surface area contributed by atoms with E-state index in [2.05, 4.69) is 49.2 Å². The Balaban J connectivity index is 1.74. The molecule has 3 N–H and O–H groups in total. The molecule has 40 heavy (non-hydrogen) atoms. The lowest BCUT2D eigenvalue weighted by atomic mass is 10.1. The van der Waals surface area contributed by atoms with E-state index in [0.717, 1.165) is 18.5 Å². The van der Waals surface area contributed by atoms with Crippen molar-refractivity contribution in [3.63, 3.8) is 0 Å². The standard InChI is InChI=1S/C27H36N8O5/c1-17(2)12-13-18-23-24(29-16-28-18)33-21(32-23)15-35-14-8-10-20(26(35)38)30-25(37)19(31-27(39)40-5)9-6-7-11-22(36)34(3)4/h7-8,10-11,14,16-17,19H,6,9,12-13,15H2,1-5H3,(H,30,37)(H,31,39)(H,28,29,32,33). The number of imidazole rings is 1. The molecule has 1 atom stereocenters. The maximum absolute atomic E-state index is 13.2. The third-order valence-corrected chi connectivity index (χ3v) is 6.08. The second kappa shape index (κ2) is 14.0. The van der Waals surface area contributed by atoms with Crippen molar-refractivity contribution in [2.24, 2.45) is 5.92 Å². The van der Waals surface area contributed by atoms with Gasteiger partial charge < -0.3 is 29.8 Å². The predicted octanol–water partition coefficient (Wildman–Crippen LogP) is 2.24. The van der Waals surface area contributed by atoms with E-state index >= 15 is 0 Å². The molecule has 0 aliphatic heterocycles. The van der Waals surface area contributed by atoms with Crippen LogP contribution in [0.4, 0.5) is 10.5 Å². The molecule has 0 aromatic carbocycles. The highest BCUT2D eigenvalue weighted by Crippen LogP contribution is 2.16. The number of carbonyl (C=O) groups excluding carboxylic acids is 3. The molecular formula is C27H36N8O5. The molecule has 0 aliphatic carbocycles. The molecule has 0 saturated carbocycles. The van der Waals surface area contributed by atoms with Gasteiger partial charge in [-0.25, -0.2) is 19.7 Å². The number of methoxy groups -OCH3 is 1. The lowest BCUT2D eigenvalue weighted by molar-refractivity contribution is -0.123. The number of alkyl carbamates (subject to hydrolysis) is 1. The number of fused-ring (bicyclic) bond motifs is 1. The van der Waals surface area contributed by atoms with Crippen molar-refractivity contribution in [3.8, 4) is 0 Å². The number of carbonyl (C=O) groups is 3. The molecule has 13 heteroatoms. The third-order valence-electron chi connectivity index (χ3n) is 6.08. The summed E-state index contributed by atoms with van der Waals surface area (Å²) in [5.74, 6) is 0.249. The molecule has 0 radical (unpaired) electrons. The van der Waals surface area contributed by atoms with Crippen LogP contribution in [0.25, 0.3) is 11.2 Å². The number of hydrogen-bond acceptors (Lipinski definition) is 8. The van der Waals surface area contributed by atoms with Crippen LogP contribution in [-0.2, 0) is 27.3 Å². The number of likely N-dealkylation sites (N-methyl/N-ethyl adjacent to an activating group) is 1. The zero-order valence-electron chi connectivity index (χ0n) is 23.4. The van der Waals surface area contributed by atoms with E-state index in [9.17, 15) is 19.2 Å². The van der Waals surface area contributed by atoms with Gasteiger partial charge in [0.05, 0.1) is 19.3 Å². The van der Waals surface area contributed by atoms with Gasteiger partial charge in [0.15, 0.2) is 5.65 Å². The quantitative estimate of drug-likeness (QED) is 0.288. The van der Waals surface area contributed by atoms with Gasteiger partial charge in [0.2, 0.25) is 11.8 Å². The first kappa shape index (κ1) is 30.0. The number of nitrogens with zero attached hydrogens (tertiary/aromatic N) is 5. The molecule has 3 aromatic rings. The molecule has 3 aromatic heterocycles. The number of allylic oxidation sites excluding steroid dienone is 1. The molecule has 0 spiro atoms. The molecule has 3 amide bonds. The minimum Gasteiger partial charge on any atom is -0.453 e. The molecule has 214 valence electrons. The van der Waals surface area contributed by atoms with Crippen molar-refractivity contribution >= 4 is 34.8 Å². The lowest BCUT2D eigenvalue weighted by Crippen LogP contribution is -2.44. The van der Waals surface area contributed by atoms with Gasteiger partial charge in [0.25, 0.3) is 5.56 Å². The molecule has 13 nitrogen and oxygen atoms in total. The summed E-state index contributed by atoms with van der Waals surface area (Å²) in [6.07, 6.45) is 7.54. The molecule has 0 aliphatic rings. The molecule has 3 heterocycles. The van der Waals surface area contributed by atoms with Gasteiger partial charge in [-0.05, 0) is 49.8 Å². The Labute approximate surface area is 232 Å². The average molecular weight is 553 g/mol. The largest absolute Gasteiger partial charge is 0.453 e. The maximum atomic E-state index is 13.2. The Hall–Kier alpha value is -4.55. The van der Waals surface area contributed by atoms with Gasteiger partial charge >= 0.3 is 6.09 Å². The van der Waals surface area contributed by atoms with Crippen LogP contribution in [0.1, 0.15) is 44.6 Å². The van der Waals surface area contributed by atoms with Gasteiger partial charge in [-0.15, -0.1) is 0 Å². The van der Waals surface area contributed by atoms with Gasteiger partial charge in [0.1, 0.15) is 29.4 Å². The summed E-state index contributed by atoms with van der Waals surface area (Å²) in [6.45, 7) is 4.41. The van der Waals surface area contributed by atoms with Crippen molar-refractivity contribution in [1.29, 1.82) is 0 Å². The van der Waals surface area contributed by atoms with E-state index in [1.807, 2.05) is 0 Å². The van der Waals surface area contributed by atoms with E-state index in [1.165, 1.54) is 35.0 Å². The van der Waals surface area contributed by atoms with Crippen molar-refractivity contribution in [1.82, 2.24) is 34.7 Å². The topological polar surface area (TPSA) is 164 Å². The van der Waals surface area contributed by atoms with Crippen molar-refractivity contribution in [2.75, 3.05) is 26.5 Å². The SMILES string of the molecule is COC(=O)NC(CCC=CC(=O)N(C)C)C(=O)Nc1cccn(Cc2nc3c(CCC(C)C)ncnc3[nH]2)c1=O. The van der Waals surface area contributed by atoms with Gasteiger partial charge in [-0.3, -0.25) is 14.4 Å². The van der Waals surface area contributed by atoms with E-state index in [-0.39, 0.29) is 24.6 Å². The first-order valence-corrected chi connectivity index (χ1v) is 13.0. The number of hydrogen-bond donors (Lipinski definition) is 3. The van der Waals surface area contributed by atoms with Gasteiger partial charge in [-0.2, -0.15) is 0 Å². The number of anilines is 1. The minimum atomic E-state index is -1.00. The smallest absolute Gasteiger partial charge is 0.407 e. The summed E-state index contributed by atoms with van der Waals surface area (Å²) in [7, 11) is 4.44. The fourth-order valence-corrected chi connectivity index (χ4v) is 3.81. The number of aromatic amines is 1. The van der Waals surface area contributed by atoms with Crippen LogP contribution in [0.15, 0.2) is 41.6 Å². The number of aryl methyl sites for hydroxylation is 1. The average Bonchev–Trinajstić information content (AvgIpc) is 3.34. The van der Waals surface area contributed by atoms with Crippen molar-refractivity contribution < 1.29 is 19.1 Å². The lowest BCUT2D eigenvalue weighted by Gasteiger charge is -2.17. The molecular weight excluding hydrogens is 516 g/mol. The van der Waals surface area contributed by atoms with Crippen LogP contribution in [0.5, 0.6) is 0 Å². The summed E-state index contributed by atoms with van der Waals surface area (Å²) in [5.41, 5.74) is 1.71. The number of H-pyrrole nitrogens is 1. The second-order valence-corrected chi connectivity index (χ2v) is 9.88. The van der Waals surface area contributed by atoms with Crippen LogP contribution < -0.4 is 16.2 Å². The predicted molar refractivity (Wildman–Crippen MR) is 150 cm³/mol. The normalized spacial score (nSPS) is 12.1. The zero-order chi connectivity index (χ0) is 29.2. The van der Waals surface area contributed by atoms with Crippen LogP contribution in [0.2, 0.25) is 0 Å². The fraction of sp³-hybridized carbons (Fsp3) is 0.444. The van der Waals surface area contributed by atoms with Crippen LogP contribution in [-0.4, -0.2) is 74.6 Å². The number of aromatic nitrogens is 5. The van der Waals surface area contributed by atoms with Crippen LogP contribution in [0.3, 0.4) is 0 Å². The molecule has 0 bridgehead atoms. The second-order valence-electron chi connectivity index (χ2n) is 9.88. The third kappa shape index (κ3) is 8.22. The number of pyridine rings is 1. The summed E-state index contributed by atoms with van der Waals surface area (Å²) in [5, 5.41) is 5.07. The zero-order valence-corrected chi connectivity index (χ0v) is 23.4. The summed E-state index contributed by atoms with van der Waals surface area (Å²) in [6, 6.07) is 2.11. The first-order valence-electron chi connectivity index (χ1n) is 13.0.